The molecule has 0 spiro atoms. The molecule has 21 heavy (non-hydrogen) atoms. The first-order chi connectivity index (χ1) is 9.97. The number of carboxylic acids is 1. The van der Waals surface area contributed by atoms with Crippen LogP contribution >= 0.6 is 11.6 Å². The Labute approximate surface area is 126 Å². The summed E-state index contributed by atoms with van der Waals surface area (Å²) in [4.78, 5) is 24.5. The van der Waals surface area contributed by atoms with E-state index in [0.29, 0.717) is 36.6 Å². The number of anilines is 1. The van der Waals surface area contributed by atoms with Crippen molar-refractivity contribution in [3.63, 3.8) is 0 Å². The molecule has 0 unspecified atom stereocenters. The fraction of sp³-hybridized carbons (Fsp3) is 0.429. The average Bonchev–Trinajstić information content (AvgIpc) is 2.48. The number of halogens is 2. The highest BCUT2D eigenvalue weighted by molar-refractivity contribution is 6.33. The van der Waals surface area contributed by atoms with Crippen LogP contribution in [-0.4, -0.2) is 41.5 Å². The number of carbonyl (C=O) groups is 2. The van der Waals surface area contributed by atoms with E-state index < -0.39 is 11.8 Å². The number of amides is 1. The summed E-state index contributed by atoms with van der Waals surface area (Å²) in [7, 11) is 0. The van der Waals surface area contributed by atoms with E-state index in [4.69, 9.17) is 16.7 Å². The molecular weight excluding hydrogens is 299 g/mol. The van der Waals surface area contributed by atoms with E-state index in [1.54, 1.807) is 4.90 Å². The maximum absolute atomic E-state index is 13.1. The number of nitrogens with one attached hydrogen (secondary N) is 1. The van der Waals surface area contributed by atoms with Crippen molar-refractivity contribution in [2.45, 2.75) is 12.8 Å². The number of aliphatic carboxylic acids is 1. The summed E-state index contributed by atoms with van der Waals surface area (Å²) >= 11 is 5.90. The first kappa shape index (κ1) is 15.6. The lowest BCUT2D eigenvalue weighted by atomic mass is 9.97. The van der Waals surface area contributed by atoms with Crippen LogP contribution in [-0.2, 0) is 9.59 Å². The number of hydrogen-bond donors (Lipinski definition) is 2. The molecule has 0 aromatic heterocycles. The standard InChI is InChI=1S/C14H16ClFN2O3/c15-11-2-1-10(16)7-12(11)17-8-13(19)18-5-3-9(4-6-18)14(20)21/h1-2,7,9,17H,3-6,8H2,(H,20,21). The van der Waals surface area contributed by atoms with Crippen molar-refractivity contribution in [3.8, 4) is 0 Å². The lowest BCUT2D eigenvalue weighted by Gasteiger charge is -2.30. The molecule has 1 amide bonds. The van der Waals surface area contributed by atoms with E-state index in [1.165, 1.54) is 18.2 Å². The zero-order valence-corrected chi connectivity index (χ0v) is 12.1. The van der Waals surface area contributed by atoms with Crippen molar-refractivity contribution in [1.82, 2.24) is 4.90 Å². The fourth-order valence-electron chi connectivity index (χ4n) is 2.29. The van der Waals surface area contributed by atoms with Gasteiger partial charge in [-0.15, -0.1) is 0 Å². The monoisotopic (exact) mass is 314 g/mol. The van der Waals surface area contributed by atoms with E-state index in [9.17, 15) is 14.0 Å². The van der Waals surface area contributed by atoms with Gasteiger partial charge in [0.15, 0.2) is 0 Å². The summed E-state index contributed by atoms with van der Waals surface area (Å²) in [5.41, 5.74) is 0.366. The molecule has 2 N–H and O–H groups in total. The van der Waals surface area contributed by atoms with Gasteiger partial charge >= 0.3 is 5.97 Å². The van der Waals surface area contributed by atoms with Crippen molar-refractivity contribution in [2.75, 3.05) is 25.0 Å². The normalized spacial score (nSPS) is 15.8. The van der Waals surface area contributed by atoms with Crippen LogP contribution in [0.1, 0.15) is 12.8 Å². The van der Waals surface area contributed by atoms with E-state index in [1.807, 2.05) is 0 Å². The number of rotatable bonds is 4. The topological polar surface area (TPSA) is 69.6 Å². The van der Waals surface area contributed by atoms with E-state index in [2.05, 4.69) is 5.32 Å². The Morgan fingerprint density at radius 3 is 2.67 bits per heavy atom. The van der Waals surface area contributed by atoms with Crippen molar-refractivity contribution in [2.24, 2.45) is 5.92 Å². The van der Waals surface area contributed by atoms with E-state index >= 15 is 0 Å². The van der Waals surface area contributed by atoms with Gasteiger partial charge in [-0.2, -0.15) is 0 Å². The van der Waals surface area contributed by atoms with Crippen molar-refractivity contribution in [1.29, 1.82) is 0 Å². The van der Waals surface area contributed by atoms with Gasteiger partial charge in [-0.25, -0.2) is 4.39 Å². The third kappa shape index (κ3) is 4.07. The van der Waals surface area contributed by atoms with Gasteiger partial charge in [0, 0.05) is 13.1 Å². The molecule has 1 aromatic rings. The van der Waals surface area contributed by atoms with Gasteiger partial charge in [-0.1, -0.05) is 11.6 Å². The molecule has 7 heteroatoms. The average molecular weight is 315 g/mol. The lowest BCUT2D eigenvalue weighted by molar-refractivity contribution is -0.145. The number of likely N-dealkylation sites (tertiary alicyclic amines) is 1. The molecule has 0 radical (unpaired) electrons. The minimum absolute atomic E-state index is 0.000904. The van der Waals surface area contributed by atoms with Gasteiger partial charge in [0.25, 0.3) is 0 Å². The highest BCUT2D eigenvalue weighted by atomic mass is 35.5. The van der Waals surface area contributed by atoms with Gasteiger partial charge in [0.2, 0.25) is 5.91 Å². The van der Waals surface area contributed by atoms with Crippen molar-refractivity contribution in [3.05, 3.63) is 29.0 Å². The Balaban J connectivity index is 1.85. The zero-order valence-electron chi connectivity index (χ0n) is 11.3. The van der Waals surface area contributed by atoms with E-state index in [0.717, 1.165) is 0 Å². The molecular formula is C14H16ClFN2O3. The Bertz CT molecular complexity index is 545. The molecule has 1 saturated heterocycles. The van der Waals surface area contributed by atoms with Crippen LogP contribution in [0.3, 0.4) is 0 Å². The number of benzene rings is 1. The van der Waals surface area contributed by atoms with Crippen LogP contribution in [0.15, 0.2) is 18.2 Å². The largest absolute Gasteiger partial charge is 0.481 e. The van der Waals surface area contributed by atoms with Crippen LogP contribution in [0, 0.1) is 11.7 Å². The molecule has 0 aliphatic carbocycles. The second-order valence-electron chi connectivity index (χ2n) is 4.97. The maximum atomic E-state index is 13.1. The minimum atomic E-state index is -0.813. The molecule has 1 aromatic carbocycles. The highest BCUT2D eigenvalue weighted by Crippen LogP contribution is 2.22. The predicted molar refractivity (Wildman–Crippen MR) is 76.8 cm³/mol. The second-order valence-corrected chi connectivity index (χ2v) is 5.38. The summed E-state index contributed by atoms with van der Waals surface area (Å²) in [6.07, 6.45) is 0.920. The smallest absolute Gasteiger partial charge is 0.306 e. The second kappa shape index (κ2) is 6.76. The zero-order chi connectivity index (χ0) is 15.4. The van der Waals surface area contributed by atoms with Crippen molar-refractivity contribution >= 4 is 29.2 Å². The van der Waals surface area contributed by atoms with Crippen molar-refractivity contribution < 1.29 is 19.1 Å². The SMILES string of the molecule is O=C(O)C1CCN(C(=O)CNc2cc(F)ccc2Cl)CC1. The number of carboxylic acid groups (broad SMARTS) is 1. The molecule has 2 rings (SSSR count). The maximum Gasteiger partial charge on any atom is 0.306 e. The van der Waals surface area contributed by atoms with Crippen LogP contribution in [0.5, 0.6) is 0 Å². The number of carbonyl (C=O) groups excluding carboxylic acids is 1. The number of nitrogens with zero attached hydrogens (tertiary/aromatic N) is 1. The molecule has 0 atom stereocenters. The molecule has 0 bridgehead atoms. The highest BCUT2D eigenvalue weighted by Gasteiger charge is 2.26. The summed E-state index contributed by atoms with van der Waals surface area (Å²) in [5.74, 6) is -1.78. The summed E-state index contributed by atoms with van der Waals surface area (Å²) < 4.78 is 13.1. The molecule has 1 heterocycles. The van der Waals surface area contributed by atoms with Gasteiger partial charge < -0.3 is 15.3 Å². The van der Waals surface area contributed by atoms with Gasteiger partial charge in [-0.05, 0) is 31.0 Å². The minimum Gasteiger partial charge on any atom is -0.481 e. The van der Waals surface area contributed by atoms with Crippen LogP contribution in [0.25, 0.3) is 0 Å². The Morgan fingerprint density at radius 2 is 2.05 bits per heavy atom. The molecule has 1 aliphatic heterocycles. The van der Waals surface area contributed by atoms with Crippen LogP contribution in [0.4, 0.5) is 10.1 Å². The molecule has 5 nitrogen and oxygen atoms in total. The first-order valence-corrected chi connectivity index (χ1v) is 7.04. The van der Waals surface area contributed by atoms with Gasteiger partial charge in [-0.3, -0.25) is 9.59 Å². The quantitative estimate of drug-likeness (QED) is 0.894. The Kier molecular flexibility index (Phi) is 5.01. The Morgan fingerprint density at radius 1 is 1.38 bits per heavy atom. The molecule has 114 valence electrons. The van der Waals surface area contributed by atoms with E-state index in [-0.39, 0.29) is 18.4 Å². The number of piperidine rings is 1. The third-order valence-electron chi connectivity index (χ3n) is 3.56. The van der Waals surface area contributed by atoms with Gasteiger partial charge in [0.05, 0.1) is 23.2 Å². The molecule has 1 fully saturated rings. The van der Waals surface area contributed by atoms with Crippen LogP contribution < -0.4 is 5.32 Å². The molecule has 1 aliphatic rings. The molecule has 0 saturated carbocycles. The third-order valence-corrected chi connectivity index (χ3v) is 3.88. The Hall–Kier alpha value is -1.82. The fourth-order valence-corrected chi connectivity index (χ4v) is 2.48. The first-order valence-electron chi connectivity index (χ1n) is 6.67. The predicted octanol–water partition coefficient (Wildman–Crippen LogP) is 2.21. The summed E-state index contributed by atoms with van der Waals surface area (Å²) in [5, 5.41) is 12.1. The van der Waals surface area contributed by atoms with Gasteiger partial charge in [0.1, 0.15) is 5.82 Å². The number of hydrogen-bond acceptors (Lipinski definition) is 3. The van der Waals surface area contributed by atoms with Crippen LogP contribution in [0.2, 0.25) is 5.02 Å². The lowest BCUT2D eigenvalue weighted by Crippen LogP contribution is -2.42. The summed E-state index contributed by atoms with van der Waals surface area (Å²) in [6.45, 7) is 0.851. The summed E-state index contributed by atoms with van der Waals surface area (Å²) in [6, 6.07) is 3.89.